The third-order valence-electron chi connectivity index (χ3n) is 6.60. The van der Waals surface area contributed by atoms with Crippen LogP contribution >= 0.6 is 23.2 Å². The molecule has 4 aromatic rings. The second-order valence-corrected chi connectivity index (χ2v) is 10.9. The van der Waals surface area contributed by atoms with E-state index >= 15 is 0 Å². The first kappa shape index (κ1) is 42.1. The van der Waals surface area contributed by atoms with Crippen molar-refractivity contribution in [3.63, 3.8) is 0 Å². The summed E-state index contributed by atoms with van der Waals surface area (Å²) in [6.45, 7) is 2.65. The number of aromatic carboxylic acids is 1. The number of carbonyl (C=O) groups excluding carboxylic acids is 1. The highest BCUT2D eigenvalue weighted by Crippen LogP contribution is 2.41. The lowest BCUT2D eigenvalue weighted by Gasteiger charge is -2.16. The number of halogens is 10. The molecule has 0 fully saturated rings. The molecule has 0 aliphatic carbocycles. The number of hydrogen-bond acceptors (Lipinski definition) is 9. The van der Waals surface area contributed by atoms with Crippen molar-refractivity contribution in [2.45, 2.75) is 26.6 Å². The first-order chi connectivity index (χ1) is 24.6. The van der Waals surface area contributed by atoms with Crippen LogP contribution in [0.15, 0.2) is 48.5 Å². The molecule has 0 atom stereocenters. The predicted octanol–water partition coefficient (Wildman–Crippen LogP) is 10.5. The van der Waals surface area contributed by atoms with Gasteiger partial charge in [0.25, 0.3) is 0 Å². The zero-order valence-electron chi connectivity index (χ0n) is 27.5. The van der Waals surface area contributed by atoms with Gasteiger partial charge < -0.3 is 38.3 Å². The largest absolute Gasteiger partial charge is 0.573 e. The number of carbonyl (C=O) groups is 2. The third-order valence-corrected chi connectivity index (χ3v) is 7.39. The van der Waals surface area contributed by atoms with E-state index in [9.17, 15) is 49.8 Å². The number of hydrogen-bond donors (Lipinski definition) is 1. The van der Waals surface area contributed by atoms with Gasteiger partial charge in [-0.25, -0.2) is 18.4 Å². The number of esters is 1. The molecule has 0 amide bonds. The fourth-order valence-electron chi connectivity index (χ4n) is 4.14. The molecule has 10 nitrogen and oxygen atoms in total. The first-order valence-electron chi connectivity index (χ1n) is 14.1. The maximum absolute atomic E-state index is 14.5. The summed E-state index contributed by atoms with van der Waals surface area (Å²) in [5, 5.41) is 9.09. The quantitative estimate of drug-likeness (QED) is 0.123. The monoisotopic (exact) mass is 802 g/mol. The van der Waals surface area contributed by atoms with E-state index in [2.05, 4.69) is 14.2 Å². The van der Waals surface area contributed by atoms with Crippen LogP contribution in [0.2, 0.25) is 10.0 Å². The van der Waals surface area contributed by atoms with Crippen molar-refractivity contribution >= 4 is 35.1 Å². The second-order valence-electron chi connectivity index (χ2n) is 10.1. The molecule has 0 heterocycles. The van der Waals surface area contributed by atoms with Crippen LogP contribution in [-0.4, -0.2) is 51.1 Å². The number of carboxylic acid groups (broad SMARTS) is 1. The minimum absolute atomic E-state index is 0.00491. The molecule has 0 saturated heterocycles. The summed E-state index contributed by atoms with van der Waals surface area (Å²) in [6.07, 6.45) is -9.80. The SMILES string of the molecule is COC(=O)c1c(Oc2ccc(OC(F)(F)F)cc2OC)cc(Cl)c(C)c1F.COc1cc(OC(F)(F)F)ccc1Oc1cc(Cl)c(C)c(F)c1C(=O)O. The lowest BCUT2D eigenvalue weighted by atomic mass is 10.1. The highest BCUT2D eigenvalue weighted by Gasteiger charge is 2.33. The number of alkyl halides is 6. The van der Waals surface area contributed by atoms with Crippen molar-refractivity contribution in [2.75, 3.05) is 21.3 Å². The summed E-state index contributed by atoms with van der Waals surface area (Å²) in [6, 6.07) is 8.13. The van der Waals surface area contributed by atoms with Crippen molar-refractivity contribution in [3.05, 3.63) is 92.5 Å². The molecule has 0 unspecified atom stereocenters. The summed E-state index contributed by atoms with van der Waals surface area (Å²) in [4.78, 5) is 23.2. The number of benzene rings is 4. The zero-order valence-corrected chi connectivity index (χ0v) is 29.0. The van der Waals surface area contributed by atoms with Crippen LogP contribution in [0.1, 0.15) is 31.8 Å². The van der Waals surface area contributed by atoms with Crippen LogP contribution in [0.25, 0.3) is 0 Å². The Morgan fingerprint density at radius 3 is 1.32 bits per heavy atom. The van der Waals surface area contributed by atoms with Crippen LogP contribution in [0.5, 0.6) is 46.0 Å². The van der Waals surface area contributed by atoms with Crippen molar-refractivity contribution in [1.29, 1.82) is 0 Å². The molecule has 4 aromatic carbocycles. The van der Waals surface area contributed by atoms with Crippen molar-refractivity contribution in [3.8, 4) is 46.0 Å². The fraction of sp³-hybridized carbons (Fsp3) is 0.212. The molecular formula is C33H24Cl2F8O10. The van der Waals surface area contributed by atoms with Gasteiger partial charge >= 0.3 is 24.7 Å². The van der Waals surface area contributed by atoms with Crippen LogP contribution in [0, 0.1) is 25.5 Å². The van der Waals surface area contributed by atoms with Crippen LogP contribution in [0.3, 0.4) is 0 Å². The number of ether oxygens (including phenoxy) is 7. The topological polar surface area (TPSA) is 119 Å². The minimum Gasteiger partial charge on any atom is -0.493 e. The Kier molecular flexibility index (Phi) is 13.5. The van der Waals surface area contributed by atoms with Gasteiger partial charge in [0.2, 0.25) is 0 Å². The van der Waals surface area contributed by atoms with E-state index in [0.717, 1.165) is 56.7 Å². The van der Waals surface area contributed by atoms with E-state index in [-0.39, 0.29) is 49.9 Å². The van der Waals surface area contributed by atoms with E-state index in [0.29, 0.717) is 0 Å². The summed E-state index contributed by atoms with van der Waals surface area (Å²) in [7, 11) is 3.39. The lowest BCUT2D eigenvalue weighted by molar-refractivity contribution is -0.275. The van der Waals surface area contributed by atoms with Gasteiger partial charge in [-0.3, -0.25) is 0 Å². The van der Waals surface area contributed by atoms with Crippen molar-refractivity contribution < 1.29 is 83.0 Å². The smallest absolute Gasteiger partial charge is 0.493 e. The molecule has 4 rings (SSSR count). The molecule has 0 aromatic heterocycles. The maximum atomic E-state index is 14.5. The molecule has 0 saturated carbocycles. The van der Waals surface area contributed by atoms with Gasteiger partial charge in [0.1, 0.15) is 45.8 Å². The van der Waals surface area contributed by atoms with Gasteiger partial charge in [0.15, 0.2) is 23.0 Å². The summed E-state index contributed by atoms with van der Waals surface area (Å²) >= 11 is 11.8. The molecule has 1 N–H and O–H groups in total. The molecule has 0 radical (unpaired) electrons. The Hall–Kier alpha value is -5.36. The molecule has 0 aliphatic rings. The zero-order chi connectivity index (χ0) is 40.0. The van der Waals surface area contributed by atoms with Gasteiger partial charge in [-0.15, -0.1) is 26.3 Å². The minimum atomic E-state index is -4.91. The van der Waals surface area contributed by atoms with Crippen molar-refractivity contribution in [2.24, 2.45) is 0 Å². The Bertz CT molecular complexity index is 2000. The van der Waals surface area contributed by atoms with Crippen molar-refractivity contribution in [1.82, 2.24) is 0 Å². The highest BCUT2D eigenvalue weighted by molar-refractivity contribution is 6.32. The number of carboxylic acids is 1. The molecular weight excluding hydrogens is 779 g/mol. The van der Waals surface area contributed by atoms with E-state index in [1.165, 1.54) is 27.0 Å². The second kappa shape index (κ2) is 17.0. The Labute approximate surface area is 304 Å². The van der Waals surface area contributed by atoms with E-state index < -0.39 is 64.7 Å². The molecule has 286 valence electrons. The summed E-state index contributed by atoms with van der Waals surface area (Å²) in [5.41, 5.74) is -1.37. The van der Waals surface area contributed by atoms with Gasteiger partial charge in [0, 0.05) is 35.4 Å². The Morgan fingerprint density at radius 2 is 0.981 bits per heavy atom. The molecule has 0 aliphatic heterocycles. The first-order valence-corrected chi connectivity index (χ1v) is 14.9. The highest BCUT2D eigenvalue weighted by atomic mass is 35.5. The van der Waals surface area contributed by atoms with E-state index in [4.69, 9.17) is 42.1 Å². The van der Waals surface area contributed by atoms with Crippen LogP contribution in [-0.2, 0) is 4.74 Å². The number of rotatable bonds is 10. The molecule has 20 heteroatoms. The molecule has 0 bridgehead atoms. The molecule has 53 heavy (non-hydrogen) atoms. The van der Waals surface area contributed by atoms with Gasteiger partial charge in [0.05, 0.1) is 31.4 Å². The maximum Gasteiger partial charge on any atom is 0.573 e. The normalized spacial score (nSPS) is 11.2. The Balaban J connectivity index is 0.000000286. The average molecular weight is 803 g/mol. The van der Waals surface area contributed by atoms with Crippen LogP contribution < -0.4 is 28.4 Å². The average Bonchev–Trinajstić information content (AvgIpc) is 3.06. The lowest BCUT2D eigenvalue weighted by Crippen LogP contribution is -2.17. The third kappa shape index (κ3) is 10.8. The van der Waals surface area contributed by atoms with E-state index in [1.54, 1.807) is 0 Å². The summed E-state index contributed by atoms with van der Waals surface area (Å²) in [5.74, 6) is -7.11. The van der Waals surface area contributed by atoms with E-state index in [1.807, 2.05) is 0 Å². The number of methoxy groups -OCH3 is 3. The standard InChI is InChI=1S/C17H13ClF4O5.C16H11ClF4O5/c1-8-10(18)7-13(14(15(8)19)16(23)25-3)26-11-5-4-9(6-12(11)24-2)27-17(20,21)22;1-7-9(17)6-12(13(14(7)18)15(22)23)25-10-4-3-8(5-11(10)24-2)26-16(19,20)21/h4-7H,1-3H3;3-6H,1-2H3,(H,22,23). The fourth-order valence-corrected chi connectivity index (χ4v) is 4.50. The molecule has 0 spiro atoms. The van der Waals surface area contributed by atoms with Gasteiger partial charge in [-0.2, -0.15) is 0 Å². The Morgan fingerprint density at radius 1 is 0.604 bits per heavy atom. The van der Waals surface area contributed by atoms with Gasteiger partial charge in [-0.05, 0) is 38.1 Å². The van der Waals surface area contributed by atoms with Gasteiger partial charge in [-0.1, -0.05) is 23.2 Å². The van der Waals surface area contributed by atoms with Crippen LogP contribution in [0.4, 0.5) is 35.1 Å². The summed E-state index contributed by atoms with van der Waals surface area (Å²) < 4.78 is 135. The predicted molar refractivity (Wildman–Crippen MR) is 170 cm³/mol.